The summed E-state index contributed by atoms with van der Waals surface area (Å²) < 4.78 is 24.8. The minimum absolute atomic E-state index is 0.122. The highest BCUT2D eigenvalue weighted by molar-refractivity contribution is 7.91. The molecule has 0 spiro atoms. The predicted molar refractivity (Wildman–Crippen MR) is 114 cm³/mol. The second-order valence-electron chi connectivity index (χ2n) is 6.73. The molecule has 0 aliphatic carbocycles. The number of nitrogens with one attached hydrogen (secondary N) is 1. The number of sulfone groups is 1. The number of aliphatic carboxylic acids is 1. The lowest BCUT2D eigenvalue weighted by Crippen LogP contribution is -2.41. The van der Waals surface area contributed by atoms with Crippen LogP contribution in [0.25, 0.3) is 11.1 Å². The largest absolute Gasteiger partial charge is 0.480 e. The molecular weight excluding hydrogens is 402 g/mol. The van der Waals surface area contributed by atoms with Crippen LogP contribution in [0.4, 0.5) is 0 Å². The molecule has 0 aliphatic rings. The zero-order chi connectivity index (χ0) is 21.6. The zero-order valence-electron chi connectivity index (χ0n) is 16.1. The number of carboxylic acid groups (broad SMARTS) is 1. The Balaban J connectivity index is 1.66. The topological polar surface area (TPSA) is 101 Å². The molecule has 3 aromatic carbocycles. The van der Waals surface area contributed by atoms with Gasteiger partial charge in [0.05, 0.1) is 10.6 Å². The van der Waals surface area contributed by atoms with Crippen molar-refractivity contribution in [1.29, 1.82) is 0 Å². The van der Waals surface area contributed by atoms with E-state index in [0.717, 1.165) is 11.1 Å². The molecule has 3 rings (SSSR count). The number of carboxylic acids is 1. The molecule has 0 fully saturated rings. The molecule has 0 saturated carbocycles. The Labute approximate surface area is 175 Å². The van der Waals surface area contributed by atoms with Gasteiger partial charge >= 0.3 is 5.97 Å². The fraction of sp³-hybridized carbons (Fsp3) is 0.130. The highest BCUT2D eigenvalue weighted by Crippen LogP contribution is 2.19. The third-order valence-corrected chi connectivity index (χ3v) is 6.40. The van der Waals surface area contributed by atoms with Gasteiger partial charge in [-0.15, -0.1) is 0 Å². The van der Waals surface area contributed by atoms with Crippen molar-refractivity contribution < 1.29 is 23.1 Å². The molecule has 0 saturated heterocycles. The average Bonchev–Trinajstić information content (AvgIpc) is 2.77. The number of rotatable bonds is 8. The van der Waals surface area contributed by atoms with Crippen LogP contribution in [0.5, 0.6) is 0 Å². The van der Waals surface area contributed by atoms with Crippen LogP contribution in [0.1, 0.15) is 16.8 Å². The summed E-state index contributed by atoms with van der Waals surface area (Å²) in [4.78, 5) is 24.1. The van der Waals surface area contributed by atoms with Crippen LogP contribution in [-0.4, -0.2) is 37.2 Å². The van der Waals surface area contributed by atoms with Gasteiger partial charge in [0.25, 0.3) is 5.91 Å². The summed E-state index contributed by atoms with van der Waals surface area (Å²) in [5.74, 6) is -2.24. The smallest absolute Gasteiger partial charge is 0.326 e. The van der Waals surface area contributed by atoms with E-state index < -0.39 is 27.8 Å². The first kappa shape index (κ1) is 21.3. The van der Waals surface area contributed by atoms with Crippen molar-refractivity contribution in [2.75, 3.05) is 5.75 Å². The average molecular weight is 423 g/mol. The van der Waals surface area contributed by atoms with Gasteiger partial charge in [0, 0.05) is 5.56 Å². The van der Waals surface area contributed by atoms with Crippen molar-refractivity contribution in [3.63, 3.8) is 0 Å². The molecule has 30 heavy (non-hydrogen) atoms. The van der Waals surface area contributed by atoms with Gasteiger partial charge in [-0.2, -0.15) is 0 Å². The second kappa shape index (κ2) is 9.37. The monoisotopic (exact) mass is 423 g/mol. The van der Waals surface area contributed by atoms with Crippen molar-refractivity contribution in [3.8, 4) is 11.1 Å². The fourth-order valence-corrected chi connectivity index (χ4v) is 4.32. The summed E-state index contributed by atoms with van der Waals surface area (Å²) in [5, 5.41) is 11.8. The third kappa shape index (κ3) is 5.33. The summed E-state index contributed by atoms with van der Waals surface area (Å²) in [6.45, 7) is 0. The summed E-state index contributed by atoms with van der Waals surface area (Å²) >= 11 is 0. The molecule has 0 aliphatic heterocycles. The molecule has 1 atom stereocenters. The maximum atomic E-state index is 12.5. The fourth-order valence-electron chi connectivity index (χ4n) is 2.96. The molecule has 2 N–H and O–H groups in total. The van der Waals surface area contributed by atoms with Crippen molar-refractivity contribution in [2.24, 2.45) is 0 Å². The van der Waals surface area contributed by atoms with E-state index in [4.69, 9.17) is 0 Å². The van der Waals surface area contributed by atoms with Crippen molar-refractivity contribution in [2.45, 2.75) is 17.4 Å². The maximum absolute atomic E-state index is 12.5. The van der Waals surface area contributed by atoms with Gasteiger partial charge in [0.2, 0.25) is 0 Å². The van der Waals surface area contributed by atoms with Crippen LogP contribution >= 0.6 is 0 Å². The number of hydrogen-bond acceptors (Lipinski definition) is 4. The minimum Gasteiger partial charge on any atom is -0.480 e. The zero-order valence-corrected chi connectivity index (χ0v) is 16.9. The number of amides is 1. The van der Waals surface area contributed by atoms with Gasteiger partial charge in [-0.3, -0.25) is 4.79 Å². The first-order valence-electron chi connectivity index (χ1n) is 9.34. The van der Waals surface area contributed by atoms with Gasteiger partial charge in [-0.1, -0.05) is 60.7 Å². The van der Waals surface area contributed by atoms with Crippen LogP contribution < -0.4 is 5.32 Å². The highest BCUT2D eigenvalue weighted by atomic mass is 32.2. The minimum atomic E-state index is -3.64. The van der Waals surface area contributed by atoms with E-state index in [0.29, 0.717) is 5.56 Å². The Morgan fingerprint density at radius 3 is 1.90 bits per heavy atom. The lowest BCUT2D eigenvalue weighted by Gasteiger charge is -2.15. The van der Waals surface area contributed by atoms with Crippen molar-refractivity contribution in [1.82, 2.24) is 5.32 Å². The van der Waals surface area contributed by atoms with Gasteiger partial charge in [-0.05, 0) is 41.8 Å². The molecule has 7 heteroatoms. The van der Waals surface area contributed by atoms with Gasteiger partial charge < -0.3 is 10.4 Å². The Morgan fingerprint density at radius 2 is 1.33 bits per heavy atom. The number of hydrogen-bond donors (Lipinski definition) is 2. The van der Waals surface area contributed by atoms with Crippen LogP contribution in [0.3, 0.4) is 0 Å². The van der Waals surface area contributed by atoms with Crippen molar-refractivity contribution in [3.05, 3.63) is 90.5 Å². The summed E-state index contributed by atoms with van der Waals surface area (Å²) in [5.41, 5.74) is 2.22. The van der Waals surface area contributed by atoms with E-state index >= 15 is 0 Å². The summed E-state index contributed by atoms with van der Waals surface area (Å²) in [6.07, 6.45) is -0.236. The highest BCUT2D eigenvalue weighted by Gasteiger charge is 2.24. The standard InChI is InChI=1S/C23H21NO5S/c25-22(19-13-11-18(12-14-19)17-7-3-1-4-8-17)24-21(23(26)27)15-16-30(28,29)20-9-5-2-6-10-20/h1-14,21H,15-16H2,(H,24,25)(H,26,27)/t21-/m0/s1. The van der Waals surface area contributed by atoms with Crippen LogP contribution in [-0.2, 0) is 14.6 Å². The molecule has 0 heterocycles. The molecule has 1 amide bonds. The Morgan fingerprint density at radius 1 is 0.800 bits per heavy atom. The lowest BCUT2D eigenvalue weighted by molar-refractivity contribution is -0.139. The van der Waals surface area contributed by atoms with E-state index in [2.05, 4.69) is 5.32 Å². The summed E-state index contributed by atoms with van der Waals surface area (Å²) in [6, 6.07) is 22.9. The third-order valence-electron chi connectivity index (χ3n) is 4.64. The van der Waals surface area contributed by atoms with Crippen LogP contribution in [0, 0.1) is 0 Å². The molecule has 0 radical (unpaired) electrons. The normalized spacial score (nSPS) is 12.1. The van der Waals surface area contributed by atoms with Gasteiger partial charge in [0.1, 0.15) is 6.04 Å². The molecule has 0 unspecified atom stereocenters. The second-order valence-corrected chi connectivity index (χ2v) is 8.84. The van der Waals surface area contributed by atoms with E-state index in [1.807, 2.05) is 30.3 Å². The van der Waals surface area contributed by atoms with E-state index in [1.54, 1.807) is 42.5 Å². The van der Waals surface area contributed by atoms with Gasteiger partial charge in [-0.25, -0.2) is 13.2 Å². The summed E-state index contributed by atoms with van der Waals surface area (Å²) in [7, 11) is -3.64. The number of carbonyl (C=O) groups is 2. The quantitative estimate of drug-likeness (QED) is 0.578. The van der Waals surface area contributed by atoms with E-state index in [-0.39, 0.29) is 17.1 Å². The number of benzene rings is 3. The molecule has 0 aromatic heterocycles. The van der Waals surface area contributed by atoms with E-state index in [9.17, 15) is 23.1 Å². The molecule has 6 nitrogen and oxygen atoms in total. The molecular formula is C23H21NO5S. The molecule has 3 aromatic rings. The van der Waals surface area contributed by atoms with Gasteiger partial charge in [0.15, 0.2) is 9.84 Å². The Hall–Kier alpha value is -3.45. The maximum Gasteiger partial charge on any atom is 0.326 e. The molecule has 0 bridgehead atoms. The van der Waals surface area contributed by atoms with Crippen molar-refractivity contribution >= 4 is 21.7 Å². The molecule has 154 valence electrons. The Kier molecular flexibility index (Phi) is 6.64. The van der Waals surface area contributed by atoms with Crippen LogP contribution in [0.2, 0.25) is 0 Å². The van der Waals surface area contributed by atoms with E-state index in [1.165, 1.54) is 12.1 Å². The number of carbonyl (C=O) groups excluding carboxylic acids is 1. The SMILES string of the molecule is O=C(N[C@@H](CCS(=O)(=O)c1ccccc1)C(=O)O)c1ccc(-c2ccccc2)cc1. The van der Waals surface area contributed by atoms with Crippen LogP contribution in [0.15, 0.2) is 89.8 Å². The first-order valence-corrected chi connectivity index (χ1v) is 11.0. The Bertz CT molecular complexity index is 1110. The first-order chi connectivity index (χ1) is 14.4. The predicted octanol–water partition coefficient (Wildman–Crippen LogP) is 3.40. The lowest BCUT2D eigenvalue weighted by atomic mass is 10.0.